The van der Waals surface area contributed by atoms with E-state index in [4.69, 9.17) is 0 Å². The van der Waals surface area contributed by atoms with Crippen LogP contribution in [0.4, 0.5) is 0 Å². The molecule has 98 valence electrons. The highest BCUT2D eigenvalue weighted by atomic mass is 79.9. The molecule has 4 heteroatoms. The molecule has 2 rings (SSSR count). The van der Waals surface area contributed by atoms with Crippen molar-refractivity contribution in [1.82, 2.24) is 10.6 Å². The van der Waals surface area contributed by atoms with E-state index in [0.29, 0.717) is 6.54 Å². The summed E-state index contributed by atoms with van der Waals surface area (Å²) >= 11 is 3.46. The van der Waals surface area contributed by atoms with Crippen molar-refractivity contribution in [3.05, 3.63) is 33.8 Å². The molecule has 0 unspecified atom stereocenters. The van der Waals surface area contributed by atoms with E-state index in [1.54, 1.807) is 0 Å². The maximum absolute atomic E-state index is 12.1. The summed E-state index contributed by atoms with van der Waals surface area (Å²) in [4.78, 5) is 12.1. The van der Waals surface area contributed by atoms with Gasteiger partial charge in [-0.3, -0.25) is 4.79 Å². The Balaban J connectivity index is 1.95. The van der Waals surface area contributed by atoms with Crippen LogP contribution in [0.3, 0.4) is 0 Å². The van der Waals surface area contributed by atoms with Crippen LogP contribution in [0.15, 0.2) is 22.7 Å². The molecule has 0 aliphatic heterocycles. The minimum Gasteiger partial charge on any atom is -0.351 e. The Morgan fingerprint density at radius 1 is 1.44 bits per heavy atom. The second-order valence-electron chi connectivity index (χ2n) is 5.06. The Labute approximate surface area is 116 Å². The highest BCUT2D eigenvalue weighted by Gasteiger charge is 2.48. The molecule has 2 N–H and O–H groups in total. The summed E-state index contributed by atoms with van der Waals surface area (Å²) in [7, 11) is 1.89. The number of amides is 1. The van der Waals surface area contributed by atoms with Gasteiger partial charge < -0.3 is 10.6 Å². The zero-order chi connectivity index (χ0) is 13.2. The smallest absolute Gasteiger partial charge is 0.227 e. The molecule has 3 nitrogen and oxygen atoms in total. The summed E-state index contributed by atoms with van der Waals surface area (Å²) in [5.41, 5.74) is 2.23. The van der Waals surface area contributed by atoms with E-state index in [-0.39, 0.29) is 11.3 Å². The Kier molecular flexibility index (Phi) is 4.07. The molecule has 1 fully saturated rings. The van der Waals surface area contributed by atoms with E-state index in [1.807, 2.05) is 13.1 Å². The van der Waals surface area contributed by atoms with Crippen molar-refractivity contribution in [2.24, 2.45) is 5.41 Å². The largest absolute Gasteiger partial charge is 0.351 e. The van der Waals surface area contributed by atoms with Gasteiger partial charge >= 0.3 is 0 Å². The first kappa shape index (κ1) is 13.6. The fourth-order valence-corrected chi connectivity index (χ4v) is 2.58. The summed E-state index contributed by atoms with van der Waals surface area (Å²) in [5.74, 6) is 0.177. The Bertz CT molecular complexity index is 455. The van der Waals surface area contributed by atoms with Crippen LogP contribution < -0.4 is 10.6 Å². The standard InChI is InChI=1S/C14H19BrN2O/c1-10-3-4-12(15)7-11(10)8-17-13(18)14(5-6-14)9-16-2/h3-4,7,16H,5-6,8-9H2,1-2H3,(H,17,18). The third kappa shape index (κ3) is 2.93. The van der Waals surface area contributed by atoms with Gasteiger partial charge in [-0.15, -0.1) is 0 Å². The van der Waals surface area contributed by atoms with E-state index in [9.17, 15) is 4.79 Å². The van der Waals surface area contributed by atoms with Gasteiger partial charge in [0, 0.05) is 17.6 Å². The van der Waals surface area contributed by atoms with Crippen molar-refractivity contribution >= 4 is 21.8 Å². The van der Waals surface area contributed by atoms with Crippen LogP contribution in [0.1, 0.15) is 24.0 Å². The van der Waals surface area contributed by atoms with E-state index >= 15 is 0 Å². The molecule has 1 saturated carbocycles. The number of hydrogen-bond donors (Lipinski definition) is 2. The van der Waals surface area contributed by atoms with Gasteiger partial charge in [0.15, 0.2) is 0 Å². The second-order valence-corrected chi connectivity index (χ2v) is 5.98. The summed E-state index contributed by atoms with van der Waals surface area (Å²) < 4.78 is 1.05. The second kappa shape index (κ2) is 5.41. The van der Waals surface area contributed by atoms with Crippen LogP contribution in [0.5, 0.6) is 0 Å². The highest BCUT2D eigenvalue weighted by Crippen LogP contribution is 2.45. The number of carbonyl (C=O) groups excluding carboxylic acids is 1. The predicted molar refractivity (Wildman–Crippen MR) is 76.3 cm³/mol. The Hall–Kier alpha value is -0.870. The summed E-state index contributed by atoms with van der Waals surface area (Å²) in [6, 6.07) is 6.14. The van der Waals surface area contributed by atoms with E-state index in [0.717, 1.165) is 29.4 Å². The third-order valence-electron chi connectivity index (χ3n) is 3.60. The van der Waals surface area contributed by atoms with Gasteiger partial charge in [-0.25, -0.2) is 0 Å². The average Bonchev–Trinajstić information content (AvgIpc) is 3.11. The lowest BCUT2D eigenvalue weighted by molar-refractivity contribution is -0.126. The highest BCUT2D eigenvalue weighted by molar-refractivity contribution is 9.10. The Morgan fingerprint density at radius 3 is 2.78 bits per heavy atom. The fraction of sp³-hybridized carbons (Fsp3) is 0.500. The topological polar surface area (TPSA) is 41.1 Å². The first-order valence-corrected chi connectivity index (χ1v) is 7.05. The molecule has 1 aliphatic carbocycles. The molecular formula is C14H19BrN2O. The molecular weight excluding hydrogens is 292 g/mol. The zero-order valence-corrected chi connectivity index (χ0v) is 12.4. The average molecular weight is 311 g/mol. The minimum absolute atomic E-state index is 0.144. The number of benzene rings is 1. The van der Waals surface area contributed by atoms with Crippen molar-refractivity contribution in [3.63, 3.8) is 0 Å². The van der Waals surface area contributed by atoms with E-state index < -0.39 is 0 Å². The lowest BCUT2D eigenvalue weighted by Crippen LogP contribution is -2.37. The van der Waals surface area contributed by atoms with Crippen molar-refractivity contribution < 1.29 is 4.79 Å². The molecule has 1 amide bonds. The molecule has 0 saturated heterocycles. The van der Waals surface area contributed by atoms with Crippen LogP contribution in [-0.2, 0) is 11.3 Å². The minimum atomic E-state index is -0.144. The van der Waals surface area contributed by atoms with Gasteiger partial charge in [0.25, 0.3) is 0 Å². The first-order valence-electron chi connectivity index (χ1n) is 6.25. The number of halogens is 1. The van der Waals surface area contributed by atoms with Crippen LogP contribution in [0, 0.1) is 12.3 Å². The van der Waals surface area contributed by atoms with Crippen LogP contribution in [0.2, 0.25) is 0 Å². The lowest BCUT2D eigenvalue weighted by Gasteiger charge is -2.15. The quantitative estimate of drug-likeness (QED) is 0.876. The summed E-state index contributed by atoms with van der Waals surface area (Å²) in [6.45, 7) is 3.44. The SMILES string of the molecule is CNCC1(C(=O)NCc2cc(Br)ccc2C)CC1. The predicted octanol–water partition coefficient (Wildman–Crippen LogP) is 2.37. The van der Waals surface area contributed by atoms with Crippen molar-refractivity contribution in [2.75, 3.05) is 13.6 Å². The number of carbonyl (C=O) groups is 1. The van der Waals surface area contributed by atoms with Crippen LogP contribution in [-0.4, -0.2) is 19.5 Å². The van der Waals surface area contributed by atoms with Crippen molar-refractivity contribution in [3.8, 4) is 0 Å². The van der Waals surface area contributed by atoms with Crippen molar-refractivity contribution in [1.29, 1.82) is 0 Å². The van der Waals surface area contributed by atoms with E-state index in [1.165, 1.54) is 5.56 Å². The molecule has 0 bridgehead atoms. The monoisotopic (exact) mass is 310 g/mol. The molecule has 0 heterocycles. The summed E-state index contributed by atoms with van der Waals surface area (Å²) in [5, 5.41) is 6.16. The maximum Gasteiger partial charge on any atom is 0.227 e. The summed E-state index contributed by atoms with van der Waals surface area (Å²) in [6.07, 6.45) is 1.99. The van der Waals surface area contributed by atoms with Crippen LogP contribution in [0.25, 0.3) is 0 Å². The molecule has 0 atom stereocenters. The number of aryl methyl sites for hydroxylation is 1. The van der Waals surface area contributed by atoms with Gasteiger partial charge in [-0.05, 0) is 50.1 Å². The van der Waals surface area contributed by atoms with Crippen LogP contribution >= 0.6 is 15.9 Å². The molecule has 18 heavy (non-hydrogen) atoms. The van der Waals surface area contributed by atoms with Crippen molar-refractivity contribution in [2.45, 2.75) is 26.3 Å². The molecule has 0 radical (unpaired) electrons. The van der Waals surface area contributed by atoms with E-state index in [2.05, 4.69) is 45.6 Å². The normalized spacial score (nSPS) is 16.4. The molecule has 1 aliphatic rings. The van der Waals surface area contributed by atoms with Gasteiger partial charge in [0.05, 0.1) is 5.41 Å². The third-order valence-corrected chi connectivity index (χ3v) is 4.09. The Morgan fingerprint density at radius 2 is 2.17 bits per heavy atom. The fourth-order valence-electron chi connectivity index (χ4n) is 2.17. The van der Waals surface area contributed by atoms with Gasteiger partial charge in [-0.1, -0.05) is 22.0 Å². The lowest BCUT2D eigenvalue weighted by atomic mass is 10.1. The molecule has 0 spiro atoms. The first-order chi connectivity index (χ1) is 8.57. The molecule has 0 aromatic heterocycles. The maximum atomic E-state index is 12.1. The number of hydrogen-bond acceptors (Lipinski definition) is 2. The molecule has 1 aromatic rings. The zero-order valence-electron chi connectivity index (χ0n) is 10.8. The molecule has 1 aromatic carbocycles. The number of nitrogens with one attached hydrogen (secondary N) is 2. The number of rotatable bonds is 5. The van der Waals surface area contributed by atoms with Gasteiger partial charge in [-0.2, -0.15) is 0 Å². The van der Waals surface area contributed by atoms with Gasteiger partial charge in [0.1, 0.15) is 0 Å². The van der Waals surface area contributed by atoms with Gasteiger partial charge in [0.2, 0.25) is 5.91 Å².